The number of carbonyl (C=O) groups is 2. The molecular formula is C29H25N3O4S. The first kappa shape index (κ1) is 23.2. The molecule has 0 aliphatic carbocycles. The van der Waals surface area contributed by atoms with E-state index < -0.39 is 23.1 Å². The zero-order chi connectivity index (χ0) is 26.1. The van der Waals surface area contributed by atoms with E-state index in [0.29, 0.717) is 27.9 Å². The van der Waals surface area contributed by atoms with Gasteiger partial charge in [0.15, 0.2) is 5.11 Å². The monoisotopic (exact) mass is 511 g/mol. The summed E-state index contributed by atoms with van der Waals surface area (Å²) in [6.45, 7) is 3.99. The lowest BCUT2D eigenvalue weighted by molar-refractivity contribution is -0.133. The summed E-state index contributed by atoms with van der Waals surface area (Å²) in [5.41, 5.74) is 1.59. The highest BCUT2D eigenvalue weighted by Gasteiger charge is 2.79. The highest BCUT2D eigenvalue weighted by molar-refractivity contribution is 7.80. The first-order valence-electron chi connectivity index (χ1n) is 11.9. The van der Waals surface area contributed by atoms with Crippen LogP contribution in [0.25, 0.3) is 5.76 Å². The van der Waals surface area contributed by atoms with Crippen LogP contribution in [-0.2, 0) is 20.1 Å². The molecular weight excluding hydrogens is 486 g/mol. The van der Waals surface area contributed by atoms with Crippen LogP contribution < -0.4 is 15.0 Å². The average Bonchev–Trinajstić information content (AvgIpc) is 3.40. The number of likely N-dealkylation sites (N-methyl/N-ethyl adjacent to an activating group) is 1. The fourth-order valence-electron chi connectivity index (χ4n) is 5.59. The van der Waals surface area contributed by atoms with Crippen molar-refractivity contribution in [1.82, 2.24) is 10.2 Å². The van der Waals surface area contributed by atoms with Gasteiger partial charge in [-0.3, -0.25) is 14.5 Å². The lowest BCUT2D eigenvalue weighted by atomic mass is 9.84. The normalized spacial score (nSPS) is 24.3. The first-order valence-corrected chi connectivity index (χ1v) is 12.3. The number of Topliss-reactive ketones (excluding diaryl/α,β-unsaturated/α-hetero) is 1. The van der Waals surface area contributed by atoms with Gasteiger partial charge in [0.1, 0.15) is 17.1 Å². The molecule has 0 aromatic heterocycles. The van der Waals surface area contributed by atoms with E-state index in [4.69, 9.17) is 21.7 Å². The van der Waals surface area contributed by atoms with Gasteiger partial charge < -0.3 is 19.7 Å². The predicted octanol–water partition coefficient (Wildman–Crippen LogP) is 4.04. The van der Waals surface area contributed by atoms with Crippen LogP contribution in [0.4, 0.5) is 5.69 Å². The molecule has 186 valence electrons. The largest absolute Gasteiger partial charge is 0.497 e. The summed E-state index contributed by atoms with van der Waals surface area (Å²) in [6, 6.07) is 22.6. The summed E-state index contributed by atoms with van der Waals surface area (Å²) in [7, 11) is 3.39. The number of ketones is 1. The number of carbonyl (C=O) groups excluding carboxylic acids is 2. The lowest BCUT2D eigenvalue weighted by Crippen LogP contribution is -2.65. The fourth-order valence-corrected chi connectivity index (χ4v) is 5.86. The highest BCUT2D eigenvalue weighted by atomic mass is 32.1. The topological polar surface area (TPSA) is 71.1 Å². The number of thiocarbonyl (C=S) groups is 1. The minimum absolute atomic E-state index is 0.240. The van der Waals surface area contributed by atoms with E-state index in [0.717, 1.165) is 16.7 Å². The maximum Gasteiger partial charge on any atom is 0.301 e. The second-order valence-corrected chi connectivity index (χ2v) is 9.94. The quantitative estimate of drug-likeness (QED) is 0.419. The van der Waals surface area contributed by atoms with Gasteiger partial charge >= 0.3 is 5.91 Å². The van der Waals surface area contributed by atoms with Gasteiger partial charge in [-0.15, -0.1) is 0 Å². The summed E-state index contributed by atoms with van der Waals surface area (Å²) in [5.74, 6) is -0.298. The van der Waals surface area contributed by atoms with Crippen molar-refractivity contribution in [3.05, 3.63) is 101 Å². The third-order valence-corrected chi connectivity index (χ3v) is 7.82. The number of hydrogen-bond acceptors (Lipinski definition) is 5. The van der Waals surface area contributed by atoms with Crippen LogP contribution in [0.3, 0.4) is 0 Å². The van der Waals surface area contributed by atoms with Crippen LogP contribution in [-0.4, -0.2) is 41.5 Å². The first-order chi connectivity index (χ1) is 17.7. The number of anilines is 1. The number of benzene rings is 3. The van der Waals surface area contributed by atoms with E-state index in [1.165, 1.54) is 4.90 Å². The van der Waals surface area contributed by atoms with Gasteiger partial charge in [0.25, 0.3) is 11.5 Å². The Kier molecular flexibility index (Phi) is 4.97. The van der Waals surface area contributed by atoms with E-state index in [-0.39, 0.29) is 5.57 Å². The maximum absolute atomic E-state index is 13.9. The van der Waals surface area contributed by atoms with Gasteiger partial charge in [0.05, 0.1) is 7.11 Å². The Balaban J connectivity index is 1.69. The standard InChI is InChI=1S/C29H25N3O4S/c1-17-5-9-19(10-6-17)25-23-24(33)26(34)32(21-13-15-22(35-4)16-14-21)28(23)29(36-25,31(3)27(37)30-28)20-11-7-18(2)8-12-20/h5-16H,1-4H3,(H,30,37). The van der Waals surface area contributed by atoms with Gasteiger partial charge in [-0.05, 0) is 50.3 Å². The van der Waals surface area contributed by atoms with Crippen LogP contribution in [0, 0.1) is 13.8 Å². The molecule has 6 rings (SSSR count). The van der Waals surface area contributed by atoms with Crippen molar-refractivity contribution in [3.63, 3.8) is 0 Å². The Labute approximate surface area is 220 Å². The number of nitrogens with one attached hydrogen (secondary N) is 1. The Hall–Kier alpha value is -4.17. The summed E-state index contributed by atoms with van der Waals surface area (Å²) in [6.07, 6.45) is 0. The Morgan fingerprint density at radius 1 is 0.892 bits per heavy atom. The number of rotatable bonds is 4. The Morgan fingerprint density at radius 3 is 2.08 bits per heavy atom. The molecule has 8 heteroatoms. The zero-order valence-corrected chi connectivity index (χ0v) is 21.7. The molecule has 3 aromatic rings. The second-order valence-electron chi connectivity index (χ2n) is 9.55. The maximum atomic E-state index is 13.9. The molecule has 3 aliphatic heterocycles. The molecule has 3 heterocycles. The third kappa shape index (κ3) is 2.90. The van der Waals surface area contributed by atoms with Gasteiger partial charge in [0, 0.05) is 23.9 Å². The van der Waals surface area contributed by atoms with Crippen LogP contribution in [0.5, 0.6) is 5.75 Å². The summed E-state index contributed by atoms with van der Waals surface area (Å²) < 4.78 is 12.2. The summed E-state index contributed by atoms with van der Waals surface area (Å²) in [4.78, 5) is 31.0. The molecule has 2 atom stereocenters. The molecule has 0 saturated carbocycles. The van der Waals surface area contributed by atoms with Crippen molar-refractivity contribution >= 4 is 40.5 Å². The van der Waals surface area contributed by atoms with Crippen LogP contribution in [0.15, 0.2) is 78.4 Å². The lowest BCUT2D eigenvalue weighted by Gasteiger charge is -2.44. The minimum atomic E-state index is -1.43. The average molecular weight is 512 g/mol. The number of methoxy groups -OCH3 is 1. The van der Waals surface area contributed by atoms with Gasteiger partial charge in [-0.2, -0.15) is 0 Å². The Bertz CT molecular complexity index is 1500. The molecule has 7 nitrogen and oxygen atoms in total. The second kappa shape index (κ2) is 7.91. The molecule has 2 saturated heterocycles. The summed E-state index contributed by atoms with van der Waals surface area (Å²) >= 11 is 5.75. The van der Waals surface area contributed by atoms with Crippen molar-refractivity contribution in [2.45, 2.75) is 25.2 Å². The van der Waals surface area contributed by atoms with E-state index in [1.54, 1.807) is 36.3 Å². The van der Waals surface area contributed by atoms with Crippen molar-refractivity contribution < 1.29 is 19.1 Å². The summed E-state index contributed by atoms with van der Waals surface area (Å²) in [5, 5.41) is 3.73. The molecule has 3 aromatic carbocycles. The third-order valence-electron chi connectivity index (χ3n) is 7.44. The highest BCUT2D eigenvalue weighted by Crippen LogP contribution is 2.61. The molecule has 1 spiro atoms. The van der Waals surface area contributed by atoms with Crippen molar-refractivity contribution in [1.29, 1.82) is 0 Å². The molecule has 0 bridgehead atoms. The molecule has 3 aliphatic rings. The SMILES string of the molecule is COc1ccc(N2C(=O)C(=O)C3=C(c4ccc(C)cc4)OC4(c5ccc(C)cc5)N(C)C(=S)NC324)cc1. The van der Waals surface area contributed by atoms with E-state index in [2.05, 4.69) is 5.32 Å². The van der Waals surface area contributed by atoms with Gasteiger partial charge in [0.2, 0.25) is 5.66 Å². The number of hydrogen-bond donors (Lipinski definition) is 1. The van der Waals surface area contributed by atoms with Crippen molar-refractivity contribution in [2.75, 3.05) is 19.1 Å². The minimum Gasteiger partial charge on any atom is -0.497 e. The van der Waals surface area contributed by atoms with Gasteiger partial charge in [-0.1, -0.05) is 59.7 Å². The van der Waals surface area contributed by atoms with Crippen LogP contribution in [0.2, 0.25) is 0 Å². The number of ether oxygens (including phenoxy) is 2. The number of aryl methyl sites for hydroxylation is 2. The van der Waals surface area contributed by atoms with E-state index >= 15 is 0 Å². The van der Waals surface area contributed by atoms with E-state index in [9.17, 15) is 9.59 Å². The molecule has 0 radical (unpaired) electrons. The molecule has 37 heavy (non-hydrogen) atoms. The molecule has 1 amide bonds. The fraction of sp³-hybridized carbons (Fsp3) is 0.207. The molecule has 1 N–H and O–H groups in total. The molecule has 2 fully saturated rings. The predicted molar refractivity (Wildman–Crippen MR) is 144 cm³/mol. The van der Waals surface area contributed by atoms with Crippen LogP contribution in [0.1, 0.15) is 22.3 Å². The van der Waals surface area contributed by atoms with Crippen molar-refractivity contribution in [2.24, 2.45) is 0 Å². The smallest absolute Gasteiger partial charge is 0.301 e. The number of amides is 1. The van der Waals surface area contributed by atoms with E-state index in [1.807, 2.05) is 69.4 Å². The van der Waals surface area contributed by atoms with Crippen LogP contribution >= 0.6 is 12.2 Å². The molecule has 2 unspecified atom stereocenters. The van der Waals surface area contributed by atoms with Crippen molar-refractivity contribution in [3.8, 4) is 5.75 Å². The zero-order valence-electron chi connectivity index (χ0n) is 20.9. The Morgan fingerprint density at radius 2 is 1.49 bits per heavy atom. The van der Waals surface area contributed by atoms with Gasteiger partial charge in [-0.25, -0.2) is 0 Å². The number of nitrogens with zero attached hydrogens (tertiary/aromatic N) is 2.